The van der Waals surface area contributed by atoms with E-state index >= 15 is 0 Å². The van der Waals surface area contributed by atoms with Crippen LogP contribution >= 0.6 is 0 Å². The molecule has 0 radical (unpaired) electrons. The van der Waals surface area contributed by atoms with Gasteiger partial charge in [0.2, 0.25) is 0 Å². The molecule has 0 fully saturated rings. The molecular weight excluding hydrogens is 532 g/mol. The molecule has 40 heavy (non-hydrogen) atoms. The average molecular weight is 561 g/mol. The van der Waals surface area contributed by atoms with Gasteiger partial charge in [-0.2, -0.15) is 13.5 Å². The third-order valence-corrected chi connectivity index (χ3v) is 6.79. The monoisotopic (exact) mass is 560 g/mol. The van der Waals surface area contributed by atoms with Crippen molar-refractivity contribution in [2.45, 2.75) is 18.4 Å². The van der Waals surface area contributed by atoms with Crippen LogP contribution in [0.4, 0.5) is 0 Å². The Balaban J connectivity index is 1.42. The zero-order valence-corrected chi connectivity index (χ0v) is 22.8. The number of nitrogens with zero attached hydrogens (tertiary/aromatic N) is 1. The highest BCUT2D eigenvalue weighted by Crippen LogP contribution is 2.31. The minimum absolute atomic E-state index is 0.0261. The summed E-state index contributed by atoms with van der Waals surface area (Å²) in [5, 5.41) is 4.01. The standard InChI is InChI=1S/C30H28N2O7S/c1-3-37-29-18-23(14-16-27(29)39-40(34,35)25-12-8-5-9-13-25)20-31-32-30(33)24-15-17-26(28(19-24)36-2)38-21-22-10-6-4-7-11-22/h4-20H,3,21H2,1-2H3,(H,32,33)/b31-20+. The summed E-state index contributed by atoms with van der Waals surface area (Å²) in [7, 11) is -2.54. The number of nitrogens with one attached hydrogen (secondary N) is 1. The van der Waals surface area contributed by atoms with Crippen LogP contribution in [0.5, 0.6) is 23.0 Å². The van der Waals surface area contributed by atoms with Gasteiger partial charge in [0.25, 0.3) is 5.91 Å². The Labute approximate surface area is 233 Å². The van der Waals surface area contributed by atoms with Crippen LogP contribution in [0.2, 0.25) is 0 Å². The zero-order valence-electron chi connectivity index (χ0n) is 21.9. The van der Waals surface area contributed by atoms with E-state index in [0.29, 0.717) is 29.2 Å². The molecule has 0 bridgehead atoms. The Morgan fingerprint density at radius 1 is 0.825 bits per heavy atom. The molecule has 1 amide bonds. The maximum atomic E-state index is 12.7. The van der Waals surface area contributed by atoms with Gasteiger partial charge in [0.1, 0.15) is 11.5 Å². The number of carbonyl (C=O) groups is 1. The molecule has 0 saturated heterocycles. The highest BCUT2D eigenvalue weighted by Gasteiger charge is 2.19. The molecule has 0 saturated carbocycles. The lowest BCUT2D eigenvalue weighted by atomic mass is 10.2. The minimum atomic E-state index is -4.04. The predicted octanol–water partition coefficient (Wildman–Crippen LogP) is 5.20. The Bertz CT molecular complexity index is 1570. The molecule has 1 N–H and O–H groups in total. The van der Waals surface area contributed by atoms with E-state index in [1.165, 1.54) is 31.5 Å². The van der Waals surface area contributed by atoms with Gasteiger partial charge < -0.3 is 18.4 Å². The first-order valence-corrected chi connectivity index (χ1v) is 13.7. The number of hydrogen-bond acceptors (Lipinski definition) is 8. The maximum absolute atomic E-state index is 12.7. The van der Waals surface area contributed by atoms with Gasteiger partial charge in [-0.25, -0.2) is 5.43 Å². The van der Waals surface area contributed by atoms with Gasteiger partial charge in [0.05, 0.1) is 19.9 Å². The predicted molar refractivity (Wildman–Crippen MR) is 151 cm³/mol. The zero-order chi connectivity index (χ0) is 28.4. The normalized spacial score (nSPS) is 11.2. The first-order valence-electron chi connectivity index (χ1n) is 12.3. The van der Waals surface area contributed by atoms with E-state index in [4.69, 9.17) is 18.4 Å². The summed E-state index contributed by atoms with van der Waals surface area (Å²) in [4.78, 5) is 12.7. The molecule has 0 heterocycles. The van der Waals surface area contributed by atoms with Crippen molar-refractivity contribution in [1.82, 2.24) is 5.43 Å². The molecule has 10 heteroatoms. The number of hydrazone groups is 1. The van der Waals surface area contributed by atoms with Crippen LogP contribution in [-0.4, -0.2) is 34.3 Å². The van der Waals surface area contributed by atoms with Gasteiger partial charge in [-0.3, -0.25) is 4.79 Å². The first-order chi connectivity index (χ1) is 19.4. The quantitative estimate of drug-likeness (QED) is 0.144. The van der Waals surface area contributed by atoms with Crippen molar-refractivity contribution in [3.63, 3.8) is 0 Å². The molecule has 0 spiro atoms. The number of benzene rings is 4. The van der Waals surface area contributed by atoms with Crippen LogP contribution in [0.1, 0.15) is 28.4 Å². The first kappa shape index (κ1) is 28.2. The number of hydrogen-bond donors (Lipinski definition) is 1. The van der Waals surface area contributed by atoms with E-state index in [0.717, 1.165) is 5.56 Å². The number of ether oxygens (including phenoxy) is 3. The van der Waals surface area contributed by atoms with Crippen LogP contribution in [0.25, 0.3) is 0 Å². The summed E-state index contributed by atoms with van der Waals surface area (Å²) in [6, 6.07) is 27.0. The molecule has 4 aromatic rings. The summed E-state index contributed by atoms with van der Waals surface area (Å²) in [5.41, 5.74) is 4.35. The molecule has 0 unspecified atom stereocenters. The number of carbonyl (C=O) groups excluding carboxylic acids is 1. The van der Waals surface area contributed by atoms with Crippen molar-refractivity contribution < 1.29 is 31.6 Å². The highest BCUT2D eigenvalue weighted by molar-refractivity contribution is 7.87. The largest absolute Gasteiger partial charge is 0.493 e. The van der Waals surface area contributed by atoms with E-state index in [1.54, 1.807) is 55.5 Å². The van der Waals surface area contributed by atoms with Crippen molar-refractivity contribution >= 4 is 22.2 Å². The fourth-order valence-corrected chi connectivity index (χ4v) is 4.55. The number of rotatable bonds is 12. The third-order valence-electron chi connectivity index (χ3n) is 5.54. The Hall–Kier alpha value is -4.83. The van der Waals surface area contributed by atoms with Gasteiger partial charge in [-0.15, -0.1) is 0 Å². The lowest BCUT2D eigenvalue weighted by Gasteiger charge is -2.12. The van der Waals surface area contributed by atoms with Gasteiger partial charge in [-0.1, -0.05) is 48.5 Å². The molecule has 0 aliphatic carbocycles. The Morgan fingerprint density at radius 2 is 1.52 bits per heavy atom. The fraction of sp³-hybridized carbons (Fsp3) is 0.133. The van der Waals surface area contributed by atoms with Gasteiger partial charge in [0, 0.05) is 5.56 Å². The molecule has 0 aliphatic heterocycles. The van der Waals surface area contributed by atoms with Crippen LogP contribution in [-0.2, 0) is 16.7 Å². The lowest BCUT2D eigenvalue weighted by Crippen LogP contribution is -2.17. The second-order valence-electron chi connectivity index (χ2n) is 8.33. The second-order valence-corrected chi connectivity index (χ2v) is 9.88. The summed E-state index contributed by atoms with van der Waals surface area (Å²) in [5.74, 6) is 0.714. The summed E-state index contributed by atoms with van der Waals surface area (Å²) in [6.07, 6.45) is 1.41. The maximum Gasteiger partial charge on any atom is 0.339 e. The average Bonchev–Trinajstić information content (AvgIpc) is 2.98. The van der Waals surface area contributed by atoms with E-state index in [1.807, 2.05) is 30.3 Å². The Kier molecular flexibility index (Phi) is 9.37. The molecule has 4 aromatic carbocycles. The van der Waals surface area contributed by atoms with E-state index in [-0.39, 0.29) is 23.0 Å². The van der Waals surface area contributed by atoms with E-state index < -0.39 is 16.0 Å². The molecule has 0 atom stereocenters. The van der Waals surface area contributed by atoms with Crippen LogP contribution in [0.15, 0.2) is 107 Å². The molecule has 206 valence electrons. The van der Waals surface area contributed by atoms with Gasteiger partial charge in [-0.05, 0) is 66.6 Å². The van der Waals surface area contributed by atoms with Crippen molar-refractivity contribution in [2.24, 2.45) is 5.10 Å². The molecule has 4 rings (SSSR count). The topological polar surface area (TPSA) is 113 Å². The molecule has 0 aliphatic rings. The van der Waals surface area contributed by atoms with Gasteiger partial charge in [0.15, 0.2) is 23.0 Å². The van der Waals surface area contributed by atoms with Crippen LogP contribution in [0.3, 0.4) is 0 Å². The van der Waals surface area contributed by atoms with E-state index in [9.17, 15) is 13.2 Å². The van der Waals surface area contributed by atoms with Crippen molar-refractivity contribution in [3.8, 4) is 23.0 Å². The summed E-state index contributed by atoms with van der Waals surface area (Å²) in [6.45, 7) is 2.41. The highest BCUT2D eigenvalue weighted by atomic mass is 32.2. The fourth-order valence-electron chi connectivity index (χ4n) is 3.59. The SMILES string of the molecule is CCOc1cc(/C=N/NC(=O)c2ccc(OCc3ccccc3)c(OC)c2)ccc1OS(=O)(=O)c1ccccc1. The van der Waals surface area contributed by atoms with Crippen LogP contribution < -0.4 is 23.8 Å². The lowest BCUT2D eigenvalue weighted by molar-refractivity contribution is 0.0954. The molecule has 9 nitrogen and oxygen atoms in total. The Morgan fingerprint density at radius 3 is 2.23 bits per heavy atom. The smallest absolute Gasteiger partial charge is 0.339 e. The van der Waals surface area contributed by atoms with Crippen molar-refractivity contribution in [3.05, 3.63) is 114 Å². The van der Waals surface area contributed by atoms with Gasteiger partial charge >= 0.3 is 10.1 Å². The summed E-state index contributed by atoms with van der Waals surface area (Å²) < 4.78 is 47.4. The van der Waals surface area contributed by atoms with Crippen LogP contribution in [0, 0.1) is 0 Å². The van der Waals surface area contributed by atoms with Crippen molar-refractivity contribution in [2.75, 3.05) is 13.7 Å². The number of amides is 1. The minimum Gasteiger partial charge on any atom is -0.493 e. The molecular formula is C30H28N2O7S. The van der Waals surface area contributed by atoms with Crippen molar-refractivity contribution in [1.29, 1.82) is 0 Å². The second kappa shape index (κ2) is 13.3. The summed E-state index contributed by atoms with van der Waals surface area (Å²) >= 11 is 0. The molecule has 0 aromatic heterocycles. The van der Waals surface area contributed by atoms with E-state index in [2.05, 4.69) is 10.5 Å². The number of methoxy groups -OCH3 is 1. The third kappa shape index (κ3) is 7.39.